The fraction of sp³-hybridized carbons (Fsp3) is 0.467. The standard InChI is InChI=1S/C15H18F3N3O6/c1-9(27-8-15(16,17)18)12(13(22)19-2)20-14(23)26-7-10-3-5-11(6-4-10)21(24)25/h3-6,9,12H,7-8H2,1-2H3,(H,19,22)(H,20,23)/t9-,12+/m1/s1. The van der Waals surface area contributed by atoms with Crippen molar-refractivity contribution in [2.45, 2.75) is 31.9 Å². The molecule has 1 aromatic rings. The molecule has 0 bridgehead atoms. The van der Waals surface area contributed by atoms with E-state index in [9.17, 15) is 32.9 Å². The quantitative estimate of drug-likeness (QED) is 0.514. The molecule has 0 unspecified atom stereocenters. The Balaban J connectivity index is 2.62. The summed E-state index contributed by atoms with van der Waals surface area (Å²) in [5.41, 5.74) is 0.298. The number of halogens is 3. The smallest absolute Gasteiger partial charge is 0.411 e. The van der Waals surface area contributed by atoms with Gasteiger partial charge in [-0.25, -0.2) is 4.79 Å². The number of rotatable bonds is 8. The fourth-order valence-corrected chi connectivity index (χ4v) is 1.91. The zero-order valence-corrected chi connectivity index (χ0v) is 14.4. The Hall–Kier alpha value is -2.89. The van der Waals surface area contributed by atoms with E-state index in [2.05, 4.69) is 15.4 Å². The summed E-state index contributed by atoms with van der Waals surface area (Å²) in [4.78, 5) is 33.6. The highest BCUT2D eigenvalue weighted by Crippen LogP contribution is 2.16. The number of amides is 2. The number of hydrogen-bond acceptors (Lipinski definition) is 6. The number of alkyl carbamates (subject to hydrolysis) is 1. The van der Waals surface area contributed by atoms with Gasteiger partial charge in [0.1, 0.15) is 19.3 Å². The molecule has 0 aliphatic rings. The third-order valence-electron chi connectivity index (χ3n) is 3.30. The molecule has 12 heteroatoms. The van der Waals surface area contributed by atoms with Gasteiger partial charge in [0.25, 0.3) is 5.69 Å². The molecule has 27 heavy (non-hydrogen) atoms. The van der Waals surface area contributed by atoms with Gasteiger partial charge >= 0.3 is 12.3 Å². The van der Waals surface area contributed by atoms with E-state index in [1.54, 1.807) is 0 Å². The Labute approximate surface area is 152 Å². The molecule has 2 N–H and O–H groups in total. The number of carbonyl (C=O) groups excluding carboxylic acids is 2. The first-order valence-corrected chi connectivity index (χ1v) is 7.60. The van der Waals surface area contributed by atoms with Gasteiger partial charge in [0.05, 0.1) is 11.0 Å². The zero-order valence-electron chi connectivity index (χ0n) is 14.4. The number of alkyl halides is 3. The number of nitrogens with one attached hydrogen (secondary N) is 2. The molecule has 9 nitrogen and oxygen atoms in total. The van der Waals surface area contributed by atoms with Crippen LogP contribution in [0, 0.1) is 10.1 Å². The summed E-state index contributed by atoms with van der Waals surface area (Å²) in [5.74, 6) is -0.767. The zero-order chi connectivity index (χ0) is 20.6. The van der Waals surface area contributed by atoms with Crippen LogP contribution in [0.1, 0.15) is 12.5 Å². The second-order valence-corrected chi connectivity index (χ2v) is 5.37. The lowest BCUT2D eigenvalue weighted by Crippen LogP contribution is -2.53. The third-order valence-corrected chi connectivity index (χ3v) is 3.30. The average Bonchev–Trinajstić information content (AvgIpc) is 2.61. The molecular formula is C15H18F3N3O6. The SMILES string of the molecule is CNC(=O)[C@@H](NC(=O)OCc1ccc([N+](=O)[O-])cc1)[C@@H](C)OCC(F)(F)F. The maximum Gasteiger partial charge on any atom is 0.411 e. The molecule has 0 aromatic heterocycles. The molecule has 150 valence electrons. The van der Waals surface area contributed by atoms with Crippen LogP contribution in [0.2, 0.25) is 0 Å². The summed E-state index contributed by atoms with van der Waals surface area (Å²) in [6.07, 6.45) is -6.93. The minimum atomic E-state index is -4.59. The maximum absolute atomic E-state index is 12.2. The Bertz CT molecular complexity index is 666. The number of nitro benzene ring substituents is 1. The predicted octanol–water partition coefficient (Wildman–Crippen LogP) is 1.90. The van der Waals surface area contributed by atoms with Crippen LogP contribution in [0.4, 0.5) is 23.7 Å². The number of likely N-dealkylation sites (N-methyl/N-ethyl adjacent to an activating group) is 1. The van der Waals surface area contributed by atoms with E-state index in [1.807, 2.05) is 0 Å². The minimum absolute atomic E-state index is 0.140. The molecule has 0 heterocycles. The lowest BCUT2D eigenvalue weighted by Gasteiger charge is -2.24. The van der Waals surface area contributed by atoms with Crippen molar-refractivity contribution in [2.24, 2.45) is 0 Å². The van der Waals surface area contributed by atoms with E-state index in [0.29, 0.717) is 5.56 Å². The summed E-state index contributed by atoms with van der Waals surface area (Å²) in [6, 6.07) is 3.77. The van der Waals surface area contributed by atoms with Crippen molar-refractivity contribution in [3.8, 4) is 0 Å². The number of non-ortho nitro benzene ring substituents is 1. The topological polar surface area (TPSA) is 120 Å². The van der Waals surface area contributed by atoms with Crippen molar-refractivity contribution in [2.75, 3.05) is 13.7 Å². The van der Waals surface area contributed by atoms with Gasteiger partial charge in [-0.15, -0.1) is 0 Å². The molecule has 0 aliphatic heterocycles. The number of benzene rings is 1. The molecule has 0 aliphatic carbocycles. The predicted molar refractivity (Wildman–Crippen MR) is 85.7 cm³/mol. The van der Waals surface area contributed by atoms with Crippen LogP contribution in [0.3, 0.4) is 0 Å². The van der Waals surface area contributed by atoms with Gasteiger partial charge in [0, 0.05) is 19.2 Å². The lowest BCUT2D eigenvalue weighted by molar-refractivity contribution is -0.384. The van der Waals surface area contributed by atoms with Gasteiger partial charge in [-0.1, -0.05) is 0 Å². The van der Waals surface area contributed by atoms with Crippen LogP contribution in [0.5, 0.6) is 0 Å². The summed E-state index contributed by atoms with van der Waals surface area (Å²) in [7, 11) is 1.25. The molecule has 0 radical (unpaired) electrons. The van der Waals surface area contributed by atoms with Crippen LogP contribution in [0.25, 0.3) is 0 Å². The molecule has 2 amide bonds. The molecular weight excluding hydrogens is 375 g/mol. The first kappa shape index (κ1) is 22.2. The molecule has 0 fully saturated rings. The molecule has 0 saturated carbocycles. The van der Waals surface area contributed by atoms with Crippen molar-refractivity contribution < 1.29 is 37.2 Å². The van der Waals surface area contributed by atoms with Crippen molar-refractivity contribution >= 4 is 17.7 Å². The summed E-state index contributed by atoms with van der Waals surface area (Å²) < 4.78 is 46.1. The Morgan fingerprint density at radius 1 is 1.26 bits per heavy atom. The summed E-state index contributed by atoms with van der Waals surface area (Å²) >= 11 is 0. The van der Waals surface area contributed by atoms with E-state index >= 15 is 0 Å². The first-order valence-electron chi connectivity index (χ1n) is 7.60. The summed E-state index contributed by atoms with van der Waals surface area (Å²) in [6.45, 7) is -0.647. The Morgan fingerprint density at radius 2 is 1.85 bits per heavy atom. The van der Waals surface area contributed by atoms with Gasteiger partial charge < -0.3 is 20.1 Å². The van der Waals surface area contributed by atoms with Crippen molar-refractivity contribution in [3.05, 3.63) is 39.9 Å². The summed E-state index contributed by atoms with van der Waals surface area (Å²) in [5, 5.41) is 14.9. The van der Waals surface area contributed by atoms with E-state index in [0.717, 1.165) is 0 Å². The second kappa shape index (κ2) is 9.71. The van der Waals surface area contributed by atoms with E-state index in [4.69, 9.17) is 4.74 Å². The monoisotopic (exact) mass is 393 g/mol. The van der Waals surface area contributed by atoms with E-state index in [-0.39, 0.29) is 12.3 Å². The average molecular weight is 393 g/mol. The minimum Gasteiger partial charge on any atom is -0.445 e. The molecule has 1 rings (SSSR count). The second-order valence-electron chi connectivity index (χ2n) is 5.37. The highest BCUT2D eigenvalue weighted by atomic mass is 19.4. The van der Waals surface area contributed by atoms with Crippen LogP contribution in [-0.2, 0) is 20.9 Å². The Morgan fingerprint density at radius 3 is 2.33 bits per heavy atom. The fourth-order valence-electron chi connectivity index (χ4n) is 1.91. The number of carbonyl (C=O) groups is 2. The van der Waals surface area contributed by atoms with Gasteiger partial charge in [-0.3, -0.25) is 14.9 Å². The number of nitro groups is 1. The van der Waals surface area contributed by atoms with Gasteiger partial charge in [-0.05, 0) is 24.6 Å². The Kier molecular flexibility index (Phi) is 7.97. The highest BCUT2D eigenvalue weighted by Gasteiger charge is 2.33. The van der Waals surface area contributed by atoms with E-state index < -0.39 is 41.9 Å². The number of hydrogen-bond donors (Lipinski definition) is 2. The molecule has 0 spiro atoms. The normalized spacial score (nSPS) is 13.4. The van der Waals surface area contributed by atoms with Gasteiger partial charge in [0.2, 0.25) is 5.91 Å². The van der Waals surface area contributed by atoms with Crippen LogP contribution in [0.15, 0.2) is 24.3 Å². The molecule has 1 aromatic carbocycles. The van der Waals surface area contributed by atoms with Crippen LogP contribution >= 0.6 is 0 Å². The largest absolute Gasteiger partial charge is 0.445 e. The lowest BCUT2D eigenvalue weighted by atomic mass is 10.1. The third kappa shape index (κ3) is 7.90. The van der Waals surface area contributed by atoms with Crippen LogP contribution < -0.4 is 10.6 Å². The maximum atomic E-state index is 12.2. The highest BCUT2D eigenvalue weighted by molar-refractivity contribution is 5.86. The first-order chi connectivity index (χ1) is 12.5. The molecule has 2 atom stereocenters. The number of ether oxygens (including phenoxy) is 2. The van der Waals surface area contributed by atoms with Crippen molar-refractivity contribution in [3.63, 3.8) is 0 Å². The van der Waals surface area contributed by atoms with Crippen LogP contribution in [-0.4, -0.2) is 48.9 Å². The van der Waals surface area contributed by atoms with Crippen molar-refractivity contribution in [1.29, 1.82) is 0 Å². The van der Waals surface area contributed by atoms with Gasteiger partial charge in [0.15, 0.2) is 0 Å². The number of nitrogens with zero attached hydrogens (tertiary/aromatic N) is 1. The van der Waals surface area contributed by atoms with E-state index in [1.165, 1.54) is 38.2 Å². The van der Waals surface area contributed by atoms with Gasteiger partial charge in [-0.2, -0.15) is 13.2 Å². The molecule has 0 saturated heterocycles. The van der Waals surface area contributed by atoms with Crippen molar-refractivity contribution in [1.82, 2.24) is 10.6 Å².